The molecular formula is C13H19N3OS. The third kappa shape index (κ3) is 2.79. The van der Waals surface area contributed by atoms with Gasteiger partial charge in [0.05, 0.1) is 5.39 Å². The minimum atomic E-state index is 0.200. The van der Waals surface area contributed by atoms with E-state index in [0.29, 0.717) is 0 Å². The monoisotopic (exact) mass is 265 g/mol. The SMILES string of the molecule is CCc1nc(NCCCO)c2cc(CC)sc2n1. The number of thiophene rings is 1. The van der Waals surface area contributed by atoms with Crippen LogP contribution in [0.2, 0.25) is 0 Å². The van der Waals surface area contributed by atoms with Gasteiger partial charge in [0.25, 0.3) is 0 Å². The van der Waals surface area contributed by atoms with E-state index < -0.39 is 0 Å². The number of aryl methyl sites for hydroxylation is 2. The first kappa shape index (κ1) is 13.2. The second-order valence-electron chi connectivity index (χ2n) is 4.13. The van der Waals surface area contributed by atoms with Crippen LogP contribution in [0.4, 0.5) is 5.82 Å². The minimum Gasteiger partial charge on any atom is -0.396 e. The van der Waals surface area contributed by atoms with Crippen molar-refractivity contribution < 1.29 is 5.11 Å². The lowest BCUT2D eigenvalue weighted by atomic mass is 10.3. The quantitative estimate of drug-likeness (QED) is 0.788. The van der Waals surface area contributed by atoms with E-state index in [1.807, 2.05) is 0 Å². The molecule has 2 aromatic heterocycles. The lowest BCUT2D eigenvalue weighted by Gasteiger charge is -2.07. The van der Waals surface area contributed by atoms with Crippen LogP contribution >= 0.6 is 11.3 Å². The molecule has 2 heterocycles. The van der Waals surface area contributed by atoms with E-state index in [-0.39, 0.29) is 6.61 Å². The van der Waals surface area contributed by atoms with E-state index in [0.717, 1.165) is 47.7 Å². The lowest BCUT2D eigenvalue weighted by molar-refractivity contribution is 0.292. The maximum Gasteiger partial charge on any atom is 0.138 e. The Morgan fingerprint density at radius 1 is 1.28 bits per heavy atom. The van der Waals surface area contributed by atoms with Gasteiger partial charge < -0.3 is 10.4 Å². The Morgan fingerprint density at radius 2 is 2.11 bits per heavy atom. The number of aromatic nitrogens is 2. The molecule has 2 rings (SSSR count). The number of aliphatic hydroxyl groups is 1. The molecule has 2 N–H and O–H groups in total. The van der Waals surface area contributed by atoms with Crippen molar-refractivity contribution in [3.8, 4) is 0 Å². The molecule has 0 bridgehead atoms. The molecule has 0 aliphatic rings. The van der Waals surface area contributed by atoms with Crippen LogP contribution in [0.1, 0.15) is 31.0 Å². The Labute approximate surface area is 111 Å². The largest absolute Gasteiger partial charge is 0.396 e. The van der Waals surface area contributed by atoms with Gasteiger partial charge >= 0.3 is 0 Å². The summed E-state index contributed by atoms with van der Waals surface area (Å²) in [4.78, 5) is 11.5. The Hall–Kier alpha value is -1.20. The summed E-state index contributed by atoms with van der Waals surface area (Å²) in [5, 5.41) is 13.2. The van der Waals surface area contributed by atoms with Gasteiger partial charge in [-0.15, -0.1) is 11.3 Å². The first-order valence-corrected chi connectivity index (χ1v) is 7.24. The predicted octanol–water partition coefficient (Wildman–Crippen LogP) is 2.61. The zero-order chi connectivity index (χ0) is 13.0. The molecular weight excluding hydrogens is 246 g/mol. The van der Waals surface area contributed by atoms with Crippen LogP contribution < -0.4 is 5.32 Å². The highest BCUT2D eigenvalue weighted by atomic mass is 32.1. The first-order chi connectivity index (χ1) is 8.78. The van der Waals surface area contributed by atoms with Crippen LogP contribution in [-0.4, -0.2) is 28.2 Å². The molecule has 0 aliphatic carbocycles. The fraction of sp³-hybridized carbons (Fsp3) is 0.538. The second kappa shape index (κ2) is 6.11. The third-order valence-corrected chi connectivity index (χ3v) is 3.96. The Morgan fingerprint density at radius 3 is 2.78 bits per heavy atom. The normalized spacial score (nSPS) is 11.1. The third-order valence-electron chi connectivity index (χ3n) is 2.78. The van der Waals surface area contributed by atoms with E-state index in [4.69, 9.17) is 5.11 Å². The van der Waals surface area contributed by atoms with E-state index in [1.54, 1.807) is 11.3 Å². The van der Waals surface area contributed by atoms with Crippen LogP contribution in [0.25, 0.3) is 10.2 Å². The fourth-order valence-corrected chi connectivity index (χ4v) is 2.75. The first-order valence-electron chi connectivity index (χ1n) is 6.42. The van der Waals surface area contributed by atoms with Crippen molar-refractivity contribution in [3.05, 3.63) is 16.8 Å². The summed E-state index contributed by atoms with van der Waals surface area (Å²) in [7, 11) is 0. The van der Waals surface area contributed by atoms with Gasteiger partial charge in [0.15, 0.2) is 0 Å². The highest BCUT2D eigenvalue weighted by Gasteiger charge is 2.10. The number of aliphatic hydroxyl groups excluding tert-OH is 1. The average molecular weight is 265 g/mol. The van der Waals surface area contributed by atoms with E-state index in [1.165, 1.54) is 4.88 Å². The molecule has 2 aromatic rings. The molecule has 0 aromatic carbocycles. The number of fused-ring (bicyclic) bond motifs is 1. The summed E-state index contributed by atoms with van der Waals surface area (Å²) in [5.41, 5.74) is 0. The fourth-order valence-electron chi connectivity index (χ4n) is 1.77. The number of nitrogens with one attached hydrogen (secondary N) is 1. The molecule has 0 spiro atoms. The van der Waals surface area contributed by atoms with Gasteiger partial charge in [-0.05, 0) is 18.9 Å². The number of hydrogen-bond donors (Lipinski definition) is 2. The molecule has 0 saturated carbocycles. The van der Waals surface area contributed by atoms with Gasteiger partial charge in [0.1, 0.15) is 16.5 Å². The molecule has 5 heteroatoms. The smallest absolute Gasteiger partial charge is 0.138 e. The molecule has 0 unspecified atom stereocenters. The van der Waals surface area contributed by atoms with Crippen molar-refractivity contribution in [2.45, 2.75) is 33.1 Å². The molecule has 4 nitrogen and oxygen atoms in total. The Kier molecular flexibility index (Phi) is 4.49. The highest BCUT2D eigenvalue weighted by Crippen LogP contribution is 2.29. The Bertz CT molecular complexity index is 524. The summed E-state index contributed by atoms with van der Waals surface area (Å²) in [6, 6.07) is 2.17. The van der Waals surface area contributed by atoms with Crippen molar-refractivity contribution in [2.75, 3.05) is 18.5 Å². The van der Waals surface area contributed by atoms with E-state index in [2.05, 4.69) is 35.2 Å². The van der Waals surface area contributed by atoms with E-state index >= 15 is 0 Å². The number of anilines is 1. The predicted molar refractivity (Wildman–Crippen MR) is 76.4 cm³/mol. The van der Waals surface area contributed by atoms with Gasteiger partial charge in [-0.3, -0.25) is 0 Å². The number of hydrogen-bond acceptors (Lipinski definition) is 5. The molecule has 0 radical (unpaired) electrons. The minimum absolute atomic E-state index is 0.200. The molecule has 98 valence electrons. The molecule has 0 aliphatic heterocycles. The molecule has 0 amide bonds. The van der Waals surface area contributed by atoms with Crippen molar-refractivity contribution in [1.82, 2.24) is 9.97 Å². The second-order valence-corrected chi connectivity index (χ2v) is 5.25. The molecule has 0 saturated heterocycles. The standard InChI is InChI=1S/C13H19N3OS/c1-3-9-8-10-12(14-6-5-7-17)15-11(4-2)16-13(10)18-9/h8,17H,3-7H2,1-2H3,(H,14,15,16). The van der Waals surface area contributed by atoms with Gasteiger partial charge in [-0.25, -0.2) is 9.97 Å². The van der Waals surface area contributed by atoms with Crippen LogP contribution in [0.3, 0.4) is 0 Å². The summed E-state index contributed by atoms with van der Waals surface area (Å²) in [6.07, 6.45) is 2.60. The van der Waals surface area contributed by atoms with Gasteiger partial charge in [-0.1, -0.05) is 13.8 Å². The Balaban J connectivity index is 2.37. The van der Waals surface area contributed by atoms with Crippen molar-refractivity contribution in [2.24, 2.45) is 0 Å². The molecule has 0 fully saturated rings. The van der Waals surface area contributed by atoms with Crippen molar-refractivity contribution in [3.63, 3.8) is 0 Å². The summed E-state index contributed by atoms with van der Waals surface area (Å²) in [5.74, 6) is 1.78. The highest BCUT2D eigenvalue weighted by molar-refractivity contribution is 7.18. The van der Waals surface area contributed by atoms with Crippen LogP contribution in [0.5, 0.6) is 0 Å². The summed E-state index contributed by atoms with van der Waals surface area (Å²) >= 11 is 1.74. The zero-order valence-electron chi connectivity index (χ0n) is 10.9. The van der Waals surface area contributed by atoms with Crippen LogP contribution in [0.15, 0.2) is 6.07 Å². The maximum atomic E-state index is 8.83. The lowest BCUT2D eigenvalue weighted by Crippen LogP contribution is -2.07. The zero-order valence-corrected chi connectivity index (χ0v) is 11.7. The van der Waals surface area contributed by atoms with Crippen molar-refractivity contribution >= 4 is 27.4 Å². The average Bonchev–Trinajstić information content (AvgIpc) is 2.81. The van der Waals surface area contributed by atoms with Crippen LogP contribution in [-0.2, 0) is 12.8 Å². The topological polar surface area (TPSA) is 58.0 Å². The number of rotatable bonds is 6. The molecule has 0 atom stereocenters. The van der Waals surface area contributed by atoms with Crippen molar-refractivity contribution in [1.29, 1.82) is 0 Å². The van der Waals surface area contributed by atoms with E-state index in [9.17, 15) is 0 Å². The molecule has 18 heavy (non-hydrogen) atoms. The van der Waals surface area contributed by atoms with Gasteiger partial charge in [0.2, 0.25) is 0 Å². The number of nitrogens with zero attached hydrogens (tertiary/aromatic N) is 2. The van der Waals surface area contributed by atoms with Gasteiger partial charge in [0, 0.05) is 24.4 Å². The summed E-state index contributed by atoms with van der Waals surface area (Å²) < 4.78 is 0. The van der Waals surface area contributed by atoms with Gasteiger partial charge in [-0.2, -0.15) is 0 Å². The van der Waals surface area contributed by atoms with Crippen LogP contribution in [0, 0.1) is 0 Å². The maximum absolute atomic E-state index is 8.83. The summed E-state index contributed by atoms with van der Waals surface area (Å²) in [6.45, 7) is 5.15.